The lowest BCUT2D eigenvalue weighted by Crippen LogP contribution is -2.46. The molecule has 1 saturated heterocycles. The third kappa shape index (κ3) is 6.07. The fraction of sp³-hybridized carbons (Fsp3) is 0.857. The van der Waals surface area contributed by atoms with Crippen molar-refractivity contribution < 1.29 is 4.74 Å². The van der Waals surface area contributed by atoms with Gasteiger partial charge in [-0.2, -0.15) is 0 Å². The van der Waals surface area contributed by atoms with Crippen LogP contribution in [0.5, 0.6) is 0 Å². The summed E-state index contributed by atoms with van der Waals surface area (Å²) in [4.78, 5) is 4.70. The second kappa shape index (κ2) is 7.71. The summed E-state index contributed by atoms with van der Waals surface area (Å²) in [5, 5.41) is 0. The van der Waals surface area contributed by atoms with Crippen LogP contribution in [0, 0.1) is 17.8 Å². The molecule has 0 aromatic heterocycles. The predicted octanol–water partition coefficient (Wildman–Crippen LogP) is 1.30. The summed E-state index contributed by atoms with van der Waals surface area (Å²) in [5.74, 6) is 6.94. The van der Waals surface area contributed by atoms with Gasteiger partial charge in [-0.25, -0.2) is 0 Å². The highest BCUT2D eigenvalue weighted by Crippen LogP contribution is 2.05. The molecular formula is C14H26N2O. The molecule has 1 aliphatic heterocycles. The van der Waals surface area contributed by atoms with Crippen LogP contribution >= 0.6 is 0 Å². The van der Waals surface area contributed by atoms with E-state index in [1.54, 1.807) is 0 Å². The van der Waals surface area contributed by atoms with Gasteiger partial charge >= 0.3 is 0 Å². The highest BCUT2D eigenvalue weighted by atomic mass is 16.5. The molecule has 3 heteroatoms. The normalized spacial score (nSPS) is 21.6. The number of hydrogen-bond donors (Lipinski definition) is 0. The maximum absolute atomic E-state index is 5.78. The summed E-state index contributed by atoms with van der Waals surface area (Å²) in [7, 11) is 2.14. The molecule has 3 nitrogen and oxygen atoms in total. The first-order valence-electron chi connectivity index (χ1n) is 6.62. The van der Waals surface area contributed by atoms with Gasteiger partial charge in [0.1, 0.15) is 0 Å². The van der Waals surface area contributed by atoms with Gasteiger partial charge in [-0.1, -0.05) is 32.6 Å². The zero-order chi connectivity index (χ0) is 12.7. The molecule has 1 heterocycles. The van der Waals surface area contributed by atoms with Crippen molar-refractivity contribution in [3.05, 3.63) is 0 Å². The van der Waals surface area contributed by atoms with Crippen molar-refractivity contribution in [3.8, 4) is 11.8 Å². The first-order valence-corrected chi connectivity index (χ1v) is 6.62. The van der Waals surface area contributed by atoms with Gasteiger partial charge in [-0.05, 0) is 13.6 Å². The monoisotopic (exact) mass is 238 g/mol. The third-order valence-corrected chi connectivity index (χ3v) is 2.97. The first-order chi connectivity index (χ1) is 8.11. The van der Waals surface area contributed by atoms with Gasteiger partial charge < -0.3 is 9.64 Å². The standard InChI is InChI=1S/C14H26N2O/c1-5-15(4)11-14-12-16(9-10-17-14)8-6-7-13(2)3/h13-14H,5,8-12H2,1-4H3/t14-/m0/s1. The van der Waals surface area contributed by atoms with Crippen LogP contribution < -0.4 is 0 Å². The average molecular weight is 238 g/mol. The van der Waals surface area contributed by atoms with Crippen molar-refractivity contribution in [2.24, 2.45) is 5.92 Å². The number of rotatable bonds is 4. The predicted molar refractivity (Wildman–Crippen MR) is 72.0 cm³/mol. The number of nitrogens with zero attached hydrogens (tertiary/aromatic N) is 2. The molecule has 0 radical (unpaired) electrons. The Morgan fingerprint density at radius 1 is 1.47 bits per heavy atom. The molecule has 0 saturated carbocycles. The molecule has 17 heavy (non-hydrogen) atoms. The van der Waals surface area contributed by atoms with Gasteiger partial charge in [-0.3, -0.25) is 4.90 Å². The molecule has 0 bridgehead atoms. The summed E-state index contributed by atoms with van der Waals surface area (Å²) in [6, 6.07) is 0. The Labute approximate surface area is 106 Å². The Morgan fingerprint density at radius 3 is 2.88 bits per heavy atom. The van der Waals surface area contributed by atoms with Crippen molar-refractivity contribution in [1.29, 1.82) is 0 Å². The van der Waals surface area contributed by atoms with Crippen molar-refractivity contribution in [2.75, 3.05) is 46.4 Å². The van der Waals surface area contributed by atoms with Gasteiger partial charge in [0, 0.05) is 25.6 Å². The molecule has 0 N–H and O–H groups in total. The van der Waals surface area contributed by atoms with E-state index in [9.17, 15) is 0 Å². The van der Waals surface area contributed by atoms with Crippen molar-refractivity contribution in [1.82, 2.24) is 9.80 Å². The zero-order valence-corrected chi connectivity index (χ0v) is 11.7. The molecule has 1 atom stereocenters. The van der Waals surface area contributed by atoms with Gasteiger partial charge in [0.15, 0.2) is 0 Å². The van der Waals surface area contributed by atoms with Crippen LogP contribution in [0.2, 0.25) is 0 Å². The highest BCUT2D eigenvalue weighted by molar-refractivity contribution is 5.03. The topological polar surface area (TPSA) is 15.7 Å². The lowest BCUT2D eigenvalue weighted by Gasteiger charge is -2.33. The summed E-state index contributed by atoms with van der Waals surface area (Å²) in [6.07, 6.45) is 0.342. The molecule has 0 aromatic rings. The molecule has 0 unspecified atom stereocenters. The molecule has 98 valence electrons. The Kier molecular flexibility index (Phi) is 6.57. The van der Waals surface area contributed by atoms with E-state index in [-0.39, 0.29) is 0 Å². The van der Waals surface area contributed by atoms with Gasteiger partial charge in [0.2, 0.25) is 0 Å². The first kappa shape index (κ1) is 14.5. The van der Waals surface area contributed by atoms with E-state index >= 15 is 0 Å². The van der Waals surface area contributed by atoms with Crippen molar-refractivity contribution in [3.63, 3.8) is 0 Å². The maximum Gasteiger partial charge on any atom is 0.0829 e. The van der Waals surface area contributed by atoms with Gasteiger partial charge in [0.05, 0.1) is 19.3 Å². The molecule has 1 rings (SSSR count). The molecular weight excluding hydrogens is 212 g/mol. The Balaban J connectivity index is 2.31. The number of likely N-dealkylation sites (N-methyl/N-ethyl adjacent to an activating group) is 1. The molecule has 0 spiro atoms. The minimum absolute atomic E-state index is 0.342. The molecule has 0 amide bonds. The summed E-state index contributed by atoms with van der Waals surface area (Å²) in [5.41, 5.74) is 0. The van der Waals surface area contributed by atoms with Gasteiger partial charge in [0.25, 0.3) is 0 Å². The molecule has 1 fully saturated rings. The quantitative estimate of drug-likeness (QED) is 0.687. The van der Waals surface area contributed by atoms with Crippen LogP contribution in [-0.4, -0.2) is 62.3 Å². The van der Waals surface area contributed by atoms with Crippen LogP contribution in [0.3, 0.4) is 0 Å². The minimum atomic E-state index is 0.342. The van der Waals surface area contributed by atoms with Crippen LogP contribution in [0.15, 0.2) is 0 Å². The summed E-state index contributed by atoms with van der Waals surface area (Å²) >= 11 is 0. The lowest BCUT2D eigenvalue weighted by molar-refractivity contribution is -0.0358. The SMILES string of the molecule is CCN(C)C[C@H]1CN(CC#CC(C)C)CCO1. The second-order valence-corrected chi connectivity index (χ2v) is 5.06. The zero-order valence-electron chi connectivity index (χ0n) is 11.7. The Morgan fingerprint density at radius 2 is 2.24 bits per heavy atom. The number of hydrogen-bond acceptors (Lipinski definition) is 3. The Hall–Kier alpha value is -0.560. The van der Waals surface area contributed by atoms with Crippen molar-refractivity contribution in [2.45, 2.75) is 26.9 Å². The minimum Gasteiger partial charge on any atom is -0.374 e. The van der Waals surface area contributed by atoms with E-state index in [2.05, 4.69) is 49.5 Å². The second-order valence-electron chi connectivity index (χ2n) is 5.06. The number of ether oxygens (including phenoxy) is 1. The van der Waals surface area contributed by atoms with E-state index < -0.39 is 0 Å². The molecule has 0 aromatic carbocycles. The summed E-state index contributed by atoms with van der Waals surface area (Å²) < 4.78 is 5.78. The highest BCUT2D eigenvalue weighted by Gasteiger charge is 2.20. The van der Waals surface area contributed by atoms with Crippen molar-refractivity contribution >= 4 is 0 Å². The fourth-order valence-electron chi connectivity index (χ4n) is 1.87. The van der Waals surface area contributed by atoms with Crippen LogP contribution in [-0.2, 0) is 4.74 Å². The van der Waals surface area contributed by atoms with E-state index in [1.807, 2.05) is 0 Å². The average Bonchev–Trinajstić information content (AvgIpc) is 2.29. The van der Waals surface area contributed by atoms with Crippen LogP contribution in [0.25, 0.3) is 0 Å². The summed E-state index contributed by atoms with van der Waals surface area (Å²) in [6.45, 7) is 12.3. The van der Waals surface area contributed by atoms with Crippen LogP contribution in [0.1, 0.15) is 20.8 Å². The molecule has 1 aliphatic rings. The van der Waals surface area contributed by atoms with E-state index in [1.165, 1.54) is 0 Å². The van der Waals surface area contributed by atoms with Crippen LogP contribution in [0.4, 0.5) is 0 Å². The van der Waals surface area contributed by atoms with E-state index in [0.717, 1.165) is 39.3 Å². The molecule has 0 aliphatic carbocycles. The lowest BCUT2D eigenvalue weighted by atomic mass is 10.2. The van der Waals surface area contributed by atoms with E-state index in [4.69, 9.17) is 4.74 Å². The van der Waals surface area contributed by atoms with Gasteiger partial charge in [-0.15, -0.1) is 0 Å². The fourth-order valence-corrected chi connectivity index (χ4v) is 1.87. The number of morpholine rings is 1. The third-order valence-electron chi connectivity index (χ3n) is 2.97. The smallest absolute Gasteiger partial charge is 0.0829 e. The largest absolute Gasteiger partial charge is 0.374 e. The maximum atomic E-state index is 5.78. The Bertz CT molecular complexity index is 267. The van der Waals surface area contributed by atoms with E-state index in [0.29, 0.717) is 12.0 Å².